The Balaban J connectivity index is 1.88. The zero-order chi connectivity index (χ0) is 21.7. The normalized spacial score (nSPS) is 10.3. The second kappa shape index (κ2) is 9.95. The third-order valence-corrected chi connectivity index (χ3v) is 5.61. The zero-order valence-electron chi connectivity index (χ0n) is 17.0. The average molecular weight is 538 g/mol. The summed E-state index contributed by atoms with van der Waals surface area (Å²) in [7, 11) is 6.49. The number of halogens is 2. The Morgan fingerprint density at radius 3 is 1.33 bits per heavy atom. The van der Waals surface area contributed by atoms with E-state index in [0.717, 1.165) is 31.7 Å². The van der Waals surface area contributed by atoms with E-state index in [1.165, 1.54) is 0 Å². The molecule has 0 saturated carbocycles. The molecule has 0 aliphatic carbocycles. The first-order valence-electron chi connectivity index (χ1n) is 8.96. The van der Waals surface area contributed by atoms with Crippen LogP contribution in [-0.2, 0) is 0 Å². The third-order valence-electron chi connectivity index (χ3n) is 4.37. The van der Waals surface area contributed by atoms with Crippen LogP contribution in [-0.4, -0.2) is 28.4 Å². The molecule has 3 aromatic carbocycles. The summed E-state index contributed by atoms with van der Waals surface area (Å²) in [5, 5.41) is 6.78. The minimum Gasteiger partial charge on any atom is -0.495 e. The van der Waals surface area contributed by atoms with Gasteiger partial charge in [-0.05, 0) is 62.2 Å². The maximum Gasteiger partial charge on any atom is 0.146 e. The van der Waals surface area contributed by atoms with E-state index in [9.17, 15) is 0 Å². The summed E-state index contributed by atoms with van der Waals surface area (Å²) in [6.07, 6.45) is 0. The molecule has 0 amide bonds. The van der Waals surface area contributed by atoms with Crippen LogP contribution in [0.15, 0.2) is 57.5 Å². The summed E-state index contributed by atoms with van der Waals surface area (Å²) in [4.78, 5) is 0. The summed E-state index contributed by atoms with van der Waals surface area (Å²) in [6, 6.07) is 15.4. The fraction of sp³-hybridized carbons (Fsp3) is 0.182. The Hall–Kier alpha value is -2.58. The van der Waals surface area contributed by atoms with Crippen molar-refractivity contribution in [1.29, 1.82) is 0 Å². The lowest BCUT2D eigenvalue weighted by Crippen LogP contribution is -1.99. The lowest BCUT2D eigenvalue weighted by molar-refractivity contribution is 0.393. The Morgan fingerprint density at radius 2 is 0.967 bits per heavy atom. The molecule has 0 aliphatic heterocycles. The third kappa shape index (κ3) is 4.94. The van der Waals surface area contributed by atoms with Crippen molar-refractivity contribution in [3.63, 3.8) is 0 Å². The maximum absolute atomic E-state index is 5.49. The smallest absolute Gasteiger partial charge is 0.146 e. The molecule has 0 unspecified atom stereocenters. The van der Waals surface area contributed by atoms with Gasteiger partial charge in [0.2, 0.25) is 0 Å². The highest BCUT2D eigenvalue weighted by molar-refractivity contribution is 9.10. The first-order valence-corrected chi connectivity index (χ1v) is 10.5. The van der Waals surface area contributed by atoms with Gasteiger partial charge in [-0.3, -0.25) is 0 Å². The molecule has 0 saturated heterocycles. The van der Waals surface area contributed by atoms with Gasteiger partial charge >= 0.3 is 0 Å². The van der Waals surface area contributed by atoms with Crippen LogP contribution in [0.2, 0.25) is 0 Å². The van der Waals surface area contributed by atoms with Crippen LogP contribution in [0.4, 0.5) is 22.7 Å². The number of anilines is 4. The van der Waals surface area contributed by atoms with Crippen LogP contribution in [0.25, 0.3) is 0 Å². The number of nitrogens with one attached hydrogen (secondary N) is 2. The summed E-state index contributed by atoms with van der Waals surface area (Å²) in [5.74, 6) is 2.75. The van der Waals surface area contributed by atoms with Crippen LogP contribution < -0.4 is 29.6 Å². The number of benzene rings is 3. The molecular formula is C22H22Br2N2O4. The summed E-state index contributed by atoms with van der Waals surface area (Å²) >= 11 is 7.03. The summed E-state index contributed by atoms with van der Waals surface area (Å²) in [6.45, 7) is 0. The molecular weight excluding hydrogens is 516 g/mol. The molecule has 2 N–H and O–H groups in total. The van der Waals surface area contributed by atoms with Gasteiger partial charge in [-0.15, -0.1) is 0 Å². The van der Waals surface area contributed by atoms with Gasteiger partial charge in [-0.25, -0.2) is 0 Å². The van der Waals surface area contributed by atoms with Crippen molar-refractivity contribution in [2.24, 2.45) is 0 Å². The van der Waals surface area contributed by atoms with Crippen LogP contribution in [0.5, 0.6) is 23.0 Å². The molecule has 0 bridgehead atoms. The summed E-state index contributed by atoms with van der Waals surface area (Å²) in [5.41, 5.74) is 3.41. The van der Waals surface area contributed by atoms with E-state index in [4.69, 9.17) is 18.9 Å². The molecule has 3 aromatic rings. The van der Waals surface area contributed by atoms with Crippen LogP contribution in [0.3, 0.4) is 0 Å². The predicted molar refractivity (Wildman–Crippen MR) is 127 cm³/mol. The topological polar surface area (TPSA) is 61.0 Å². The van der Waals surface area contributed by atoms with Gasteiger partial charge in [0.1, 0.15) is 23.0 Å². The van der Waals surface area contributed by atoms with E-state index in [1.54, 1.807) is 28.4 Å². The molecule has 158 valence electrons. The van der Waals surface area contributed by atoms with E-state index in [0.29, 0.717) is 23.0 Å². The number of hydrogen-bond acceptors (Lipinski definition) is 6. The van der Waals surface area contributed by atoms with Gasteiger partial charge < -0.3 is 29.6 Å². The highest BCUT2D eigenvalue weighted by Gasteiger charge is 2.12. The SMILES string of the molecule is COc1cc(OC)c(Nc2cccc(Nc3cc(Br)c(OC)cc3OC)c2)cc1Br. The van der Waals surface area contributed by atoms with E-state index >= 15 is 0 Å². The Morgan fingerprint density at radius 1 is 0.567 bits per heavy atom. The van der Waals surface area contributed by atoms with Crippen molar-refractivity contribution in [3.8, 4) is 23.0 Å². The van der Waals surface area contributed by atoms with Crippen molar-refractivity contribution in [3.05, 3.63) is 57.5 Å². The molecule has 0 radical (unpaired) electrons. The molecule has 0 atom stereocenters. The second-order valence-corrected chi connectivity index (χ2v) is 7.91. The molecule has 0 aliphatic rings. The lowest BCUT2D eigenvalue weighted by Gasteiger charge is -2.16. The van der Waals surface area contributed by atoms with Gasteiger partial charge in [-0.1, -0.05) is 6.07 Å². The molecule has 8 heteroatoms. The Kier molecular flexibility index (Phi) is 7.33. The Bertz CT molecular complexity index is 965. The largest absolute Gasteiger partial charge is 0.495 e. The van der Waals surface area contributed by atoms with Crippen molar-refractivity contribution in [1.82, 2.24) is 0 Å². The number of methoxy groups -OCH3 is 4. The summed E-state index contributed by atoms with van der Waals surface area (Å²) < 4.78 is 23.3. The molecule has 3 rings (SSSR count). The van der Waals surface area contributed by atoms with Crippen LogP contribution >= 0.6 is 31.9 Å². The van der Waals surface area contributed by atoms with Gasteiger partial charge in [0, 0.05) is 23.5 Å². The first kappa shape index (κ1) is 22.1. The Labute approximate surface area is 192 Å². The molecule has 6 nitrogen and oxygen atoms in total. The van der Waals surface area contributed by atoms with Crippen molar-refractivity contribution >= 4 is 54.6 Å². The van der Waals surface area contributed by atoms with Crippen molar-refractivity contribution in [2.75, 3.05) is 39.1 Å². The van der Waals surface area contributed by atoms with Crippen molar-refractivity contribution in [2.45, 2.75) is 0 Å². The van der Waals surface area contributed by atoms with Gasteiger partial charge in [0.05, 0.1) is 48.8 Å². The number of hydrogen-bond donors (Lipinski definition) is 2. The van der Waals surface area contributed by atoms with Gasteiger partial charge in [-0.2, -0.15) is 0 Å². The van der Waals surface area contributed by atoms with E-state index in [-0.39, 0.29) is 0 Å². The highest BCUT2D eigenvalue weighted by atomic mass is 79.9. The molecule has 0 aromatic heterocycles. The zero-order valence-corrected chi connectivity index (χ0v) is 20.2. The van der Waals surface area contributed by atoms with Crippen LogP contribution in [0.1, 0.15) is 0 Å². The fourth-order valence-electron chi connectivity index (χ4n) is 2.90. The van der Waals surface area contributed by atoms with E-state index in [2.05, 4.69) is 42.5 Å². The minimum absolute atomic E-state index is 0.675. The highest BCUT2D eigenvalue weighted by Crippen LogP contribution is 2.39. The predicted octanol–water partition coefficient (Wildman–Crippen LogP) is 6.73. The maximum atomic E-state index is 5.49. The van der Waals surface area contributed by atoms with Gasteiger partial charge in [0.15, 0.2) is 0 Å². The quantitative estimate of drug-likeness (QED) is 0.332. The standard InChI is InChI=1S/C22H22Br2N2O4/c1-27-19-11-21(29-3)17(9-15(19)23)25-13-6-5-7-14(8-13)26-18-10-16(24)20(28-2)12-22(18)30-4/h5-12,25-26H,1-4H3. The minimum atomic E-state index is 0.675. The first-order chi connectivity index (χ1) is 14.5. The second-order valence-electron chi connectivity index (χ2n) is 6.20. The van der Waals surface area contributed by atoms with E-state index in [1.807, 2.05) is 48.5 Å². The monoisotopic (exact) mass is 536 g/mol. The number of rotatable bonds is 8. The fourth-order valence-corrected chi connectivity index (χ4v) is 3.91. The van der Waals surface area contributed by atoms with Crippen molar-refractivity contribution < 1.29 is 18.9 Å². The molecule has 0 fully saturated rings. The lowest BCUT2D eigenvalue weighted by atomic mass is 10.2. The average Bonchev–Trinajstić information content (AvgIpc) is 2.74. The molecule has 0 heterocycles. The number of ether oxygens (including phenoxy) is 4. The van der Waals surface area contributed by atoms with Crippen LogP contribution in [0, 0.1) is 0 Å². The van der Waals surface area contributed by atoms with E-state index < -0.39 is 0 Å². The van der Waals surface area contributed by atoms with Gasteiger partial charge in [0.25, 0.3) is 0 Å². The molecule has 30 heavy (non-hydrogen) atoms. The molecule has 0 spiro atoms.